The SMILES string of the molecule is C=C(/C=C(\C)C1CCC(c2nc(C(C)(C)C)co2)C1)NC. The van der Waals surface area contributed by atoms with Crippen molar-refractivity contribution in [3.8, 4) is 0 Å². The summed E-state index contributed by atoms with van der Waals surface area (Å²) in [7, 11) is 1.91. The molecule has 1 fully saturated rings. The summed E-state index contributed by atoms with van der Waals surface area (Å²) in [6.07, 6.45) is 7.48. The summed E-state index contributed by atoms with van der Waals surface area (Å²) < 4.78 is 5.74. The molecule has 1 aliphatic carbocycles. The van der Waals surface area contributed by atoms with Crippen LogP contribution < -0.4 is 5.32 Å². The normalized spacial score (nSPS) is 23.4. The number of oxazole rings is 1. The van der Waals surface area contributed by atoms with Crippen LogP contribution in [0.4, 0.5) is 0 Å². The van der Waals surface area contributed by atoms with E-state index in [4.69, 9.17) is 9.40 Å². The number of hydrogen-bond donors (Lipinski definition) is 1. The summed E-state index contributed by atoms with van der Waals surface area (Å²) in [5.41, 5.74) is 3.48. The van der Waals surface area contributed by atoms with E-state index in [1.54, 1.807) is 0 Å². The average Bonchev–Trinajstić information content (AvgIpc) is 3.06. The summed E-state index contributed by atoms with van der Waals surface area (Å²) in [5.74, 6) is 1.99. The van der Waals surface area contributed by atoms with Crippen molar-refractivity contribution in [2.45, 2.75) is 58.3 Å². The van der Waals surface area contributed by atoms with E-state index in [9.17, 15) is 0 Å². The highest BCUT2D eigenvalue weighted by molar-refractivity contribution is 5.21. The first-order valence-electron chi connectivity index (χ1n) is 7.82. The molecule has 21 heavy (non-hydrogen) atoms. The average molecular weight is 288 g/mol. The predicted octanol–water partition coefficient (Wildman–Crippen LogP) is 4.54. The van der Waals surface area contributed by atoms with Gasteiger partial charge < -0.3 is 9.73 Å². The van der Waals surface area contributed by atoms with E-state index in [1.165, 1.54) is 12.0 Å². The minimum atomic E-state index is 0.0557. The van der Waals surface area contributed by atoms with E-state index >= 15 is 0 Å². The Hall–Kier alpha value is -1.51. The van der Waals surface area contributed by atoms with Gasteiger partial charge >= 0.3 is 0 Å². The smallest absolute Gasteiger partial charge is 0.197 e. The van der Waals surface area contributed by atoms with E-state index < -0.39 is 0 Å². The minimum Gasteiger partial charge on any atom is -0.448 e. The first-order chi connectivity index (χ1) is 9.81. The van der Waals surface area contributed by atoms with Gasteiger partial charge in [0.05, 0.1) is 5.69 Å². The van der Waals surface area contributed by atoms with E-state index in [1.807, 2.05) is 13.3 Å². The molecule has 0 aliphatic heterocycles. The molecule has 1 aliphatic rings. The Kier molecular flexibility index (Phi) is 4.60. The molecule has 2 unspecified atom stereocenters. The molecule has 1 saturated carbocycles. The summed E-state index contributed by atoms with van der Waals surface area (Å²) >= 11 is 0. The zero-order chi connectivity index (χ0) is 15.6. The standard InChI is InChI=1S/C18H28N2O/c1-12(9-13(2)19-6)14-7-8-15(10-14)17-20-16(11-21-17)18(3,4)5/h9,11,14-15,19H,2,7-8,10H2,1,3-6H3/b12-9+. The van der Waals surface area contributed by atoms with E-state index in [0.29, 0.717) is 11.8 Å². The quantitative estimate of drug-likeness (QED) is 0.827. The van der Waals surface area contributed by atoms with E-state index in [0.717, 1.165) is 30.1 Å². The second-order valence-corrected chi connectivity index (χ2v) is 7.19. The van der Waals surface area contributed by atoms with Crippen molar-refractivity contribution >= 4 is 0 Å². The van der Waals surface area contributed by atoms with Crippen LogP contribution in [-0.2, 0) is 5.41 Å². The molecule has 0 saturated heterocycles. The van der Waals surface area contributed by atoms with Crippen LogP contribution in [0.3, 0.4) is 0 Å². The highest BCUT2D eigenvalue weighted by Crippen LogP contribution is 2.41. The Morgan fingerprint density at radius 2 is 2.14 bits per heavy atom. The number of aromatic nitrogens is 1. The van der Waals surface area contributed by atoms with Crippen molar-refractivity contribution in [2.75, 3.05) is 7.05 Å². The van der Waals surface area contributed by atoms with Gasteiger partial charge in [-0.1, -0.05) is 32.9 Å². The lowest BCUT2D eigenvalue weighted by atomic mass is 9.93. The number of allylic oxidation sites excluding steroid dienone is 2. The number of likely N-dealkylation sites (N-methyl/N-ethyl adjacent to an activating group) is 1. The largest absolute Gasteiger partial charge is 0.448 e. The maximum absolute atomic E-state index is 5.74. The second-order valence-electron chi connectivity index (χ2n) is 7.19. The topological polar surface area (TPSA) is 38.1 Å². The molecule has 1 aromatic heterocycles. The van der Waals surface area contributed by atoms with Gasteiger partial charge in [0.15, 0.2) is 5.89 Å². The zero-order valence-electron chi connectivity index (χ0n) is 14.0. The molecule has 2 rings (SSSR count). The fraction of sp³-hybridized carbons (Fsp3) is 0.611. The maximum atomic E-state index is 5.74. The first-order valence-corrected chi connectivity index (χ1v) is 7.82. The monoisotopic (exact) mass is 288 g/mol. The van der Waals surface area contributed by atoms with Gasteiger partial charge in [-0.2, -0.15) is 0 Å². The third kappa shape index (κ3) is 3.78. The van der Waals surface area contributed by atoms with Crippen LogP contribution in [0.5, 0.6) is 0 Å². The number of nitrogens with one attached hydrogen (secondary N) is 1. The molecule has 0 aromatic carbocycles. The molecule has 0 radical (unpaired) electrons. The minimum absolute atomic E-state index is 0.0557. The van der Waals surface area contributed by atoms with Crippen LogP contribution in [0.1, 0.15) is 64.5 Å². The van der Waals surface area contributed by atoms with Gasteiger partial charge in [-0.3, -0.25) is 0 Å². The van der Waals surface area contributed by atoms with Crippen molar-refractivity contribution < 1.29 is 4.42 Å². The molecule has 1 N–H and O–H groups in total. The third-order valence-corrected chi connectivity index (χ3v) is 4.44. The molecule has 116 valence electrons. The summed E-state index contributed by atoms with van der Waals surface area (Å²) in [4.78, 5) is 4.72. The van der Waals surface area contributed by atoms with Crippen LogP contribution in [0.15, 0.2) is 34.6 Å². The highest BCUT2D eigenvalue weighted by Gasteiger charge is 2.31. The summed E-state index contributed by atoms with van der Waals surface area (Å²) in [5, 5.41) is 3.08. The molecule has 0 bridgehead atoms. The van der Waals surface area contributed by atoms with Crippen molar-refractivity contribution in [3.05, 3.63) is 41.8 Å². The Morgan fingerprint density at radius 3 is 2.71 bits per heavy atom. The van der Waals surface area contributed by atoms with E-state index in [-0.39, 0.29) is 5.41 Å². The lowest BCUT2D eigenvalue weighted by molar-refractivity contribution is 0.443. The van der Waals surface area contributed by atoms with Crippen molar-refractivity contribution in [3.63, 3.8) is 0 Å². The zero-order valence-corrected chi connectivity index (χ0v) is 14.0. The predicted molar refractivity (Wildman–Crippen MR) is 87.2 cm³/mol. The fourth-order valence-electron chi connectivity index (χ4n) is 2.90. The first kappa shape index (κ1) is 15.9. The Labute approximate surface area is 128 Å². The lowest BCUT2D eigenvalue weighted by Crippen LogP contribution is -2.11. The summed E-state index contributed by atoms with van der Waals surface area (Å²) in [6.45, 7) is 12.7. The van der Waals surface area contributed by atoms with Gasteiger partial charge in [-0.05, 0) is 38.2 Å². The Morgan fingerprint density at radius 1 is 1.43 bits per heavy atom. The fourth-order valence-corrected chi connectivity index (χ4v) is 2.90. The lowest BCUT2D eigenvalue weighted by Gasteiger charge is -2.13. The molecular weight excluding hydrogens is 260 g/mol. The Balaban J connectivity index is 2.04. The van der Waals surface area contributed by atoms with Crippen LogP contribution in [0, 0.1) is 5.92 Å². The van der Waals surface area contributed by atoms with Gasteiger partial charge in [0.25, 0.3) is 0 Å². The van der Waals surface area contributed by atoms with Crippen LogP contribution in [0.2, 0.25) is 0 Å². The molecule has 0 spiro atoms. The molecule has 3 heteroatoms. The van der Waals surface area contributed by atoms with Gasteiger partial charge in [0, 0.05) is 24.1 Å². The third-order valence-electron chi connectivity index (χ3n) is 4.44. The molecular formula is C18H28N2O. The van der Waals surface area contributed by atoms with Crippen LogP contribution >= 0.6 is 0 Å². The summed E-state index contributed by atoms with van der Waals surface area (Å²) in [6, 6.07) is 0. The van der Waals surface area contributed by atoms with Gasteiger partial charge in [-0.15, -0.1) is 0 Å². The van der Waals surface area contributed by atoms with Crippen molar-refractivity contribution in [2.24, 2.45) is 5.92 Å². The molecule has 2 atom stereocenters. The van der Waals surface area contributed by atoms with E-state index in [2.05, 4.69) is 45.7 Å². The van der Waals surface area contributed by atoms with Gasteiger partial charge in [-0.25, -0.2) is 4.98 Å². The van der Waals surface area contributed by atoms with Crippen LogP contribution in [-0.4, -0.2) is 12.0 Å². The maximum Gasteiger partial charge on any atom is 0.197 e. The van der Waals surface area contributed by atoms with Crippen LogP contribution in [0.25, 0.3) is 0 Å². The van der Waals surface area contributed by atoms with Gasteiger partial charge in [0.2, 0.25) is 0 Å². The number of nitrogens with zero attached hydrogens (tertiary/aromatic N) is 1. The molecule has 0 amide bonds. The highest BCUT2D eigenvalue weighted by atomic mass is 16.3. The van der Waals surface area contributed by atoms with Crippen molar-refractivity contribution in [1.29, 1.82) is 0 Å². The Bertz CT molecular complexity index is 534. The second kappa shape index (κ2) is 6.08. The number of rotatable bonds is 4. The van der Waals surface area contributed by atoms with Gasteiger partial charge in [0.1, 0.15) is 6.26 Å². The van der Waals surface area contributed by atoms with Crippen molar-refractivity contribution in [1.82, 2.24) is 10.3 Å². The molecule has 1 aromatic rings. The molecule has 1 heterocycles. The number of hydrogen-bond acceptors (Lipinski definition) is 3. The molecule has 3 nitrogen and oxygen atoms in total.